The van der Waals surface area contributed by atoms with Gasteiger partial charge in [-0.15, -0.1) is 0 Å². The predicted octanol–water partition coefficient (Wildman–Crippen LogP) is 6.17. The van der Waals surface area contributed by atoms with Crippen LogP contribution in [0.25, 0.3) is 0 Å². The molecular weight excluding hydrogens is 394 g/mol. The molecule has 3 aliphatic rings. The third-order valence-corrected chi connectivity index (χ3v) is 7.77. The molecule has 1 heterocycles. The van der Waals surface area contributed by atoms with Gasteiger partial charge in [0.05, 0.1) is 0 Å². The van der Waals surface area contributed by atoms with E-state index >= 15 is 0 Å². The third kappa shape index (κ3) is 4.36. The Morgan fingerprint density at radius 1 is 1.09 bits per heavy atom. The van der Waals surface area contributed by atoms with Crippen LogP contribution in [-0.2, 0) is 11.2 Å². The Kier molecular flexibility index (Phi) is 6.10. The van der Waals surface area contributed by atoms with Crippen molar-refractivity contribution in [3.8, 4) is 5.75 Å². The highest BCUT2D eigenvalue weighted by atomic mass is 16.5. The highest BCUT2D eigenvalue weighted by Gasteiger charge is 2.42. The maximum atomic E-state index is 10.1. The van der Waals surface area contributed by atoms with Crippen LogP contribution in [-0.4, -0.2) is 36.2 Å². The second kappa shape index (κ2) is 9.15. The van der Waals surface area contributed by atoms with Gasteiger partial charge < -0.3 is 9.84 Å². The van der Waals surface area contributed by atoms with E-state index in [0.717, 1.165) is 38.2 Å². The second-order valence-corrected chi connectivity index (χ2v) is 9.96. The number of fused-ring (bicyclic) bond motifs is 1. The van der Waals surface area contributed by atoms with Crippen LogP contribution in [0.5, 0.6) is 5.75 Å². The first-order valence-electron chi connectivity index (χ1n) is 12.2. The first kappa shape index (κ1) is 21.3. The summed E-state index contributed by atoms with van der Waals surface area (Å²) in [4.78, 5) is 2.50. The van der Waals surface area contributed by atoms with Crippen LogP contribution in [0.1, 0.15) is 61.1 Å². The number of aryl methyl sites for hydroxylation is 1. The van der Waals surface area contributed by atoms with Crippen LogP contribution in [0.15, 0.2) is 72.5 Å². The monoisotopic (exact) mass is 429 g/mol. The number of benzene rings is 2. The topological polar surface area (TPSA) is 32.7 Å². The number of rotatable bonds is 6. The van der Waals surface area contributed by atoms with Gasteiger partial charge >= 0.3 is 0 Å². The highest BCUT2D eigenvalue weighted by molar-refractivity contribution is 5.45. The minimum atomic E-state index is 0.00840. The molecule has 0 aromatic heterocycles. The number of allylic oxidation sites excluding steroid dienone is 3. The minimum Gasteiger partial charge on any atom is -0.508 e. The second-order valence-electron chi connectivity index (χ2n) is 9.96. The lowest BCUT2D eigenvalue weighted by Gasteiger charge is -2.45. The van der Waals surface area contributed by atoms with Crippen molar-refractivity contribution in [3.05, 3.63) is 89.2 Å². The van der Waals surface area contributed by atoms with Gasteiger partial charge in [0.25, 0.3) is 0 Å². The molecule has 32 heavy (non-hydrogen) atoms. The van der Waals surface area contributed by atoms with Crippen LogP contribution in [0.2, 0.25) is 0 Å². The number of ether oxygens (including phenoxy) is 1. The molecule has 0 amide bonds. The summed E-state index contributed by atoms with van der Waals surface area (Å²) in [6.07, 6.45) is 12.6. The Labute approximate surface area is 192 Å². The first-order valence-corrected chi connectivity index (χ1v) is 12.2. The number of phenols is 1. The lowest BCUT2D eigenvalue weighted by molar-refractivity contribution is 0.173. The molecule has 0 bridgehead atoms. The van der Waals surface area contributed by atoms with E-state index in [2.05, 4.69) is 66.4 Å². The molecule has 3 heteroatoms. The van der Waals surface area contributed by atoms with Crippen LogP contribution in [0, 0.1) is 5.41 Å². The summed E-state index contributed by atoms with van der Waals surface area (Å²) >= 11 is 0. The maximum Gasteiger partial charge on any atom is 0.115 e. The van der Waals surface area contributed by atoms with Gasteiger partial charge in [0.1, 0.15) is 18.1 Å². The summed E-state index contributed by atoms with van der Waals surface area (Å²) in [6.45, 7) is 6.62. The number of hydrogen-bond donors (Lipinski definition) is 1. The molecule has 168 valence electrons. The standard InChI is InChI=1S/C29H35NO2/c1-29(15-13-25(14-16-29)32-20-19-30-17-5-6-18-30)28-26(22-7-3-2-4-8-22)11-9-23-21-24(31)10-12-27(23)28/h2-4,7-8,10,12-15,21,26,28,31H,5-6,9,11,16-20H2,1H3/t26-,28+,29?/m1/s1. The maximum absolute atomic E-state index is 10.1. The zero-order valence-electron chi connectivity index (χ0n) is 19.2. The first-order chi connectivity index (χ1) is 15.6. The van der Waals surface area contributed by atoms with Crippen molar-refractivity contribution in [2.75, 3.05) is 26.2 Å². The van der Waals surface area contributed by atoms with Gasteiger partial charge in [-0.2, -0.15) is 0 Å². The summed E-state index contributed by atoms with van der Waals surface area (Å²) in [5.41, 5.74) is 4.12. The molecule has 1 aliphatic heterocycles. The van der Waals surface area contributed by atoms with E-state index < -0.39 is 0 Å². The molecule has 1 N–H and O–H groups in total. The van der Waals surface area contributed by atoms with Gasteiger partial charge in [0, 0.05) is 12.5 Å². The molecule has 3 atom stereocenters. The van der Waals surface area contributed by atoms with Gasteiger partial charge in [0.15, 0.2) is 0 Å². The predicted molar refractivity (Wildman–Crippen MR) is 130 cm³/mol. The molecule has 0 spiro atoms. The van der Waals surface area contributed by atoms with Gasteiger partial charge in [0.2, 0.25) is 0 Å². The zero-order chi connectivity index (χ0) is 22.0. The largest absolute Gasteiger partial charge is 0.508 e. The molecule has 1 unspecified atom stereocenters. The zero-order valence-corrected chi connectivity index (χ0v) is 19.2. The van der Waals surface area contributed by atoms with Crippen molar-refractivity contribution in [1.82, 2.24) is 4.90 Å². The fraction of sp³-hybridized carbons (Fsp3) is 0.448. The minimum absolute atomic E-state index is 0.00840. The smallest absolute Gasteiger partial charge is 0.115 e. The van der Waals surface area contributed by atoms with Crippen molar-refractivity contribution in [1.29, 1.82) is 0 Å². The fourth-order valence-corrected chi connectivity index (χ4v) is 6.05. The van der Waals surface area contributed by atoms with Gasteiger partial charge in [-0.3, -0.25) is 4.90 Å². The van der Waals surface area contributed by atoms with Gasteiger partial charge in [-0.1, -0.05) is 49.4 Å². The van der Waals surface area contributed by atoms with Crippen molar-refractivity contribution in [2.45, 2.75) is 50.9 Å². The summed E-state index contributed by atoms with van der Waals surface area (Å²) in [7, 11) is 0. The highest BCUT2D eigenvalue weighted by Crippen LogP contribution is 2.55. The molecule has 5 rings (SSSR count). The summed E-state index contributed by atoms with van der Waals surface area (Å²) in [6, 6.07) is 17.0. The number of aromatic hydroxyl groups is 1. The molecular formula is C29H35NO2. The van der Waals surface area contributed by atoms with E-state index in [1.165, 1.54) is 42.6 Å². The molecule has 3 nitrogen and oxygen atoms in total. The molecule has 1 saturated heterocycles. The molecule has 1 fully saturated rings. The summed E-state index contributed by atoms with van der Waals surface area (Å²) in [5.74, 6) is 2.22. The van der Waals surface area contributed by atoms with Crippen LogP contribution in [0.3, 0.4) is 0 Å². The Bertz CT molecular complexity index is 989. The molecule has 2 aromatic carbocycles. The van der Waals surface area contributed by atoms with Crippen LogP contribution >= 0.6 is 0 Å². The molecule has 2 aromatic rings. The lowest BCUT2D eigenvalue weighted by atomic mass is 9.59. The number of likely N-dealkylation sites (tertiary alicyclic amines) is 1. The Morgan fingerprint density at radius 2 is 1.91 bits per heavy atom. The van der Waals surface area contributed by atoms with Gasteiger partial charge in [-0.05, 0) is 97.5 Å². The Hall–Kier alpha value is -2.52. The SMILES string of the molecule is CC1([C@@H]2c3ccc(O)cc3CC[C@@H]2c2ccccc2)C=CC(OCCN2CCCC2)=CC1. The van der Waals surface area contributed by atoms with Crippen molar-refractivity contribution in [2.24, 2.45) is 5.41 Å². The number of nitrogens with zero attached hydrogens (tertiary/aromatic N) is 1. The average Bonchev–Trinajstić information content (AvgIpc) is 3.34. The summed E-state index contributed by atoms with van der Waals surface area (Å²) < 4.78 is 6.12. The Balaban J connectivity index is 1.37. The quantitative estimate of drug-likeness (QED) is 0.596. The number of hydrogen-bond acceptors (Lipinski definition) is 3. The van der Waals surface area contributed by atoms with E-state index in [0.29, 0.717) is 17.6 Å². The molecule has 0 radical (unpaired) electrons. The van der Waals surface area contributed by atoms with E-state index in [1.807, 2.05) is 12.1 Å². The molecule has 0 saturated carbocycles. The van der Waals surface area contributed by atoms with E-state index in [1.54, 1.807) is 0 Å². The average molecular weight is 430 g/mol. The van der Waals surface area contributed by atoms with Crippen LogP contribution in [0.4, 0.5) is 0 Å². The van der Waals surface area contributed by atoms with Crippen LogP contribution < -0.4 is 0 Å². The van der Waals surface area contributed by atoms with E-state index in [-0.39, 0.29) is 5.41 Å². The van der Waals surface area contributed by atoms with Crippen molar-refractivity contribution < 1.29 is 9.84 Å². The van der Waals surface area contributed by atoms with Crippen molar-refractivity contribution in [3.63, 3.8) is 0 Å². The summed E-state index contributed by atoms with van der Waals surface area (Å²) in [5, 5.41) is 10.1. The lowest BCUT2D eigenvalue weighted by Crippen LogP contribution is -2.33. The van der Waals surface area contributed by atoms with Gasteiger partial charge in [-0.25, -0.2) is 0 Å². The molecule has 2 aliphatic carbocycles. The van der Waals surface area contributed by atoms with E-state index in [4.69, 9.17) is 4.74 Å². The third-order valence-electron chi connectivity index (χ3n) is 7.77. The Morgan fingerprint density at radius 3 is 2.66 bits per heavy atom. The normalized spacial score (nSPS) is 27.7. The van der Waals surface area contributed by atoms with E-state index in [9.17, 15) is 5.11 Å². The number of phenolic OH excluding ortho intramolecular Hbond substituents is 1. The fourth-order valence-electron chi connectivity index (χ4n) is 6.05. The van der Waals surface area contributed by atoms with Crippen molar-refractivity contribution >= 4 is 0 Å².